The monoisotopic (exact) mass is 495 g/mol. The summed E-state index contributed by atoms with van der Waals surface area (Å²) in [6.07, 6.45) is 7.09. The summed E-state index contributed by atoms with van der Waals surface area (Å²) in [7, 11) is 1.92. The van der Waals surface area contributed by atoms with Gasteiger partial charge in [-0.25, -0.2) is 4.98 Å². The van der Waals surface area contributed by atoms with E-state index in [2.05, 4.69) is 25.5 Å². The van der Waals surface area contributed by atoms with Crippen LogP contribution >= 0.6 is 11.8 Å². The molecule has 3 heterocycles. The Labute approximate surface area is 213 Å². The summed E-state index contributed by atoms with van der Waals surface area (Å²) in [5.41, 5.74) is 3.85. The number of nitrogens with zero attached hydrogens (tertiary/aromatic N) is 6. The van der Waals surface area contributed by atoms with Gasteiger partial charge in [0.1, 0.15) is 11.9 Å². The average molecular weight is 496 g/mol. The number of nitrogens with one attached hydrogen (secondary N) is 1. The number of para-hydroxylation sites is 1. The van der Waals surface area contributed by atoms with Gasteiger partial charge in [0, 0.05) is 37.4 Å². The maximum Gasteiger partial charge on any atom is 0.231 e. The molecule has 5 aromatic rings. The molecule has 36 heavy (non-hydrogen) atoms. The van der Waals surface area contributed by atoms with Crippen molar-refractivity contribution in [2.75, 3.05) is 5.75 Å². The van der Waals surface area contributed by atoms with Crippen molar-refractivity contribution in [2.45, 2.75) is 18.1 Å². The molecule has 0 saturated heterocycles. The second-order valence-corrected chi connectivity index (χ2v) is 9.21. The lowest BCUT2D eigenvalue weighted by molar-refractivity contribution is -0.119. The molecule has 0 radical (unpaired) electrons. The van der Waals surface area contributed by atoms with Crippen LogP contribution in [-0.4, -0.2) is 41.0 Å². The zero-order valence-electron chi connectivity index (χ0n) is 19.9. The van der Waals surface area contributed by atoms with Crippen molar-refractivity contribution in [3.05, 3.63) is 108 Å². The van der Waals surface area contributed by atoms with Crippen LogP contribution in [0, 0.1) is 6.92 Å². The fourth-order valence-corrected chi connectivity index (χ4v) is 4.76. The van der Waals surface area contributed by atoms with E-state index in [1.54, 1.807) is 18.6 Å². The van der Waals surface area contributed by atoms with Crippen LogP contribution in [0.1, 0.15) is 23.0 Å². The minimum absolute atomic E-state index is 0.126. The van der Waals surface area contributed by atoms with Gasteiger partial charge in [0.25, 0.3) is 0 Å². The molecule has 0 saturated carbocycles. The van der Waals surface area contributed by atoms with E-state index in [9.17, 15) is 4.79 Å². The summed E-state index contributed by atoms with van der Waals surface area (Å²) in [5, 5.41) is 12.7. The number of aryl methyl sites for hydroxylation is 2. The van der Waals surface area contributed by atoms with Crippen molar-refractivity contribution in [3.8, 4) is 17.1 Å². The van der Waals surface area contributed by atoms with Crippen molar-refractivity contribution in [1.82, 2.24) is 34.6 Å². The predicted molar refractivity (Wildman–Crippen MR) is 140 cm³/mol. The van der Waals surface area contributed by atoms with Crippen molar-refractivity contribution in [2.24, 2.45) is 7.05 Å². The van der Waals surface area contributed by atoms with Gasteiger partial charge in [0.2, 0.25) is 5.91 Å². The minimum Gasteiger partial charge on any atom is -0.341 e. The molecule has 180 valence electrons. The first-order valence-electron chi connectivity index (χ1n) is 11.5. The Kier molecular flexibility index (Phi) is 6.90. The number of thioether (sulfide) groups is 1. The van der Waals surface area contributed by atoms with E-state index in [4.69, 9.17) is 0 Å². The zero-order valence-corrected chi connectivity index (χ0v) is 20.8. The number of hydrogen-bond acceptors (Lipinski definition) is 6. The Bertz CT molecular complexity index is 1460. The van der Waals surface area contributed by atoms with Gasteiger partial charge in [-0.3, -0.25) is 14.3 Å². The highest BCUT2D eigenvalue weighted by Gasteiger charge is 2.22. The molecule has 2 aromatic carbocycles. The number of carbonyl (C=O) groups excluding carboxylic acids is 1. The van der Waals surface area contributed by atoms with E-state index in [0.717, 1.165) is 28.2 Å². The van der Waals surface area contributed by atoms with Gasteiger partial charge in [-0.15, -0.1) is 10.2 Å². The number of aromatic nitrogens is 6. The molecule has 1 unspecified atom stereocenters. The van der Waals surface area contributed by atoms with E-state index in [1.807, 2.05) is 96.0 Å². The third-order valence-electron chi connectivity index (χ3n) is 5.80. The van der Waals surface area contributed by atoms with Crippen LogP contribution in [0.5, 0.6) is 0 Å². The number of hydrogen-bond donors (Lipinski definition) is 1. The first-order chi connectivity index (χ1) is 17.6. The summed E-state index contributed by atoms with van der Waals surface area (Å²) in [5.74, 6) is 1.49. The Hall–Kier alpha value is -4.24. The van der Waals surface area contributed by atoms with Gasteiger partial charge in [0.05, 0.1) is 11.4 Å². The van der Waals surface area contributed by atoms with Crippen LogP contribution in [0.15, 0.2) is 96.7 Å². The SMILES string of the molecule is Cc1ccccc1-n1c(SCC(=O)NC(c2ccccc2)c2nccn2C)nnc1-c1cccnc1. The fourth-order valence-electron chi connectivity index (χ4n) is 4.01. The molecule has 0 bridgehead atoms. The van der Waals surface area contributed by atoms with Crippen LogP contribution in [0.2, 0.25) is 0 Å². The lowest BCUT2D eigenvalue weighted by Crippen LogP contribution is -2.32. The maximum absolute atomic E-state index is 13.2. The predicted octanol–water partition coefficient (Wildman–Crippen LogP) is 4.37. The largest absolute Gasteiger partial charge is 0.341 e. The highest BCUT2D eigenvalue weighted by molar-refractivity contribution is 7.99. The Balaban J connectivity index is 1.41. The van der Waals surface area contributed by atoms with Gasteiger partial charge < -0.3 is 9.88 Å². The number of imidazole rings is 1. The lowest BCUT2D eigenvalue weighted by Gasteiger charge is -2.19. The number of carbonyl (C=O) groups is 1. The zero-order chi connectivity index (χ0) is 24.9. The van der Waals surface area contributed by atoms with E-state index >= 15 is 0 Å². The first-order valence-corrected chi connectivity index (χ1v) is 12.5. The summed E-state index contributed by atoms with van der Waals surface area (Å²) >= 11 is 1.34. The topological polar surface area (TPSA) is 90.5 Å². The molecule has 0 fully saturated rings. The summed E-state index contributed by atoms with van der Waals surface area (Å²) in [6.45, 7) is 2.04. The second kappa shape index (κ2) is 10.6. The molecule has 3 aromatic heterocycles. The van der Waals surface area contributed by atoms with Gasteiger partial charge in [0.15, 0.2) is 11.0 Å². The molecule has 1 amide bonds. The molecule has 5 rings (SSSR count). The Morgan fingerprint density at radius 3 is 2.53 bits per heavy atom. The van der Waals surface area contributed by atoms with Crippen molar-refractivity contribution >= 4 is 17.7 Å². The molecule has 0 aliphatic carbocycles. The molecule has 1 atom stereocenters. The highest BCUT2D eigenvalue weighted by atomic mass is 32.2. The van der Waals surface area contributed by atoms with Crippen LogP contribution in [0.4, 0.5) is 0 Å². The number of benzene rings is 2. The fraction of sp³-hybridized carbons (Fsp3) is 0.148. The van der Waals surface area contributed by atoms with Crippen molar-refractivity contribution in [3.63, 3.8) is 0 Å². The van der Waals surface area contributed by atoms with Gasteiger partial charge in [-0.05, 0) is 36.2 Å². The molecular weight excluding hydrogens is 470 g/mol. The van der Waals surface area contributed by atoms with Gasteiger partial charge in [-0.1, -0.05) is 60.3 Å². The van der Waals surface area contributed by atoms with E-state index in [1.165, 1.54) is 11.8 Å². The minimum atomic E-state index is -0.362. The first kappa shape index (κ1) is 23.5. The van der Waals surface area contributed by atoms with E-state index in [-0.39, 0.29) is 17.7 Å². The third kappa shape index (κ3) is 4.92. The van der Waals surface area contributed by atoms with Gasteiger partial charge in [-0.2, -0.15) is 0 Å². The van der Waals surface area contributed by atoms with Crippen LogP contribution in [0.25, 0.3) is 17.1 Å². The third-order valence-corrected chi connectivity index (χ3v) is 6.73. The summed E-state index contributed by atoms with van der Waals surface area (Å²) in [6, 6.07) is 21.3. The Morgan fingerprint density at radius 2 is 1.81 bits per heavy atom. The molecule has 9 heteroatoms. The number of pyridine rings is 1. The van der Waals surface area contributed by atoms with Crippen LogP contribution in [0.3, 0.4) is 0 Å². The lowest BCUT2D eigenvalue weighted by atomic mass is 10.1. The van der Waals surface area contributed by atoms with E-state index in [0.29, 0.717) is 11.0 Å². The number of amides is 1. The van der Waals surface area contributed by atoms with Crippen LogP contribution in [-0.2, 0) is 11.8 Å². The van der Waals surface area contributed by atoms with Crippen LogP contribution < -0.4 is 5.32 Å². The number of rotatable bonds is 8. The average Bonchev–Trinajstić information content (AvgIpc) is 3.53. The second-order valence-electron chi connectivity index (χ2n) is 8.27. The smallest absolute Gasteiger partial charge is 0.231 e. The maximum atomic E-state index is 13.2. The Morgan fingerprint density at radius 1 is 1.00 bits per heavy atom. The highest BCUT2D eigenvalue weighted by Crippen LogP contribution is 2.29. The standard InChI is InChI=1S/C27H25N7OS/c1-19-9-6-7-13-22(19)34-25(21-12-8-14-28-17-21)31-32-27(34)36-18-23(35)30-24(20-10-4-3-5-11-20)26-29-15-16-33(26)2/h3-17,24H,18H2,1-2H3,(H,30,35). The van der Waals surface area contributed by atoms with E-state index < -0.39 is 0 Å². The molecule has 8 nitrogen and oxygen atoms in total. The quantitative estimate of drug-likeness (QED) is 0.322. The normalized spacial score (nSPS) is 11.8. The summed E-state index contributed by atoms with van der Waals surface area (Å²) in [4.78, 5) is 21.9. The van der Waals surface area contributed by atoms with Crippen molar-refractivity contribution in [1.29, 1.82) is 0 Å². The molecule has 0 spiro atoms. The molecule has 1 N–H and O–H groups in total. The molecule has 0 aliphatic rings. The molecule has 0 aliphatic heterocycles. The molecular formula is C27H25N7OS. The summed E-state index contributed by atoms with van der Waals surface area (Å²) < 4.78 is 3.90. The van der Waals surface area contributed by atoms with Gasteiger partial charge >= 0.3 is 0 Å². The van der Waals surface area contributed by atoms with Crippen molar-refractivity contribution < 1.29 is 4.79 Å².